The van der Waals surface area contributed by atoms with E-state index in [9.17, 15) is 4.79 Å². The molecule has 0 spiro atoms. The molecule has 2 aromatic rings. The van der Waals surface area contributed by atoms with Crippen LogP contribution < -0.4 is 25.5 Å². The van der Waals surface area contributed by atoms with Crippen LogP contribution in [-0.4, -0.2) is 32.0 Å². The van der Waals surface area contributed by atoms with Crippen molar-refractivity contribution in [1.29, 1.82) is 0 Å². The SMILES string of the molecule is COc1cc2c(CCNC(C)=O)cn([Si](C(C)C)(C(C)C)C(C)C)c2c[c]1[Hg+].[Cl-]. The Morgan fingerprint density at radius 1 is 1.14 bits per heavy atom. The van der Waals surface area contributed by atoms with Crippen molar-refractivity contribution in [2.24, 2.45) is 0 Å². The minimum Gasteiger partial charge on any atom is -1.00 e. The van der Waals surface area contributed by atoms with Crippen LogP contribution in [0.25, 0.3) is 10.9 Å². The molecule has 0 radical (unpaired) electrons. The molecule has 4 nitrogen and oxygen atoms in total. The van der Waals surface area contributed by atoms with Crippen LogP contribution in [0.4, 0.5) is 0 Å². The standard InChI is InChI=1S/C22H35N2O2Si.ClH.Hg/c1-15(2)27(16(3)4,17(5)6)24-14-19(11-12-23-18(7)25)21-13-20(26-8)9-10-22(21)24;;/h10,13-17H,11-12H2,1-8H3,(H,23,25);1H;/q;;+1/p-1. The van der Waals surface area contributed by atoms with E-state index < -0.39 is 8.24 Å². The third-order valence-corrected chi connectivity index (χ3v) is 15.2. The Balaban J connectivity index is 0.00000420. The number of benzene rings is 1. The summed E-state index contributed by atoms with van der Waals surface area (Å²) >= 11 is 0.493. The molecule has 0 atom stereocenters. The topological polar surface area (TPSA) is 43.3 Å². The number of aromatic nitrogens is 1. The normalized spacial score (nSPS) is 12.0. The van der Waals surface area contributed by atoms with Gasteiger partial charge in [0.2, 0.25) is 0 Å². The molecule has 0 aliphatic heterocycles. The van der Waals surface area contributed by atoms with Crippen LogP contribution in [0.5, 0.6) is 5.75 Å². The van der Waals surface area contributed by atoms with Gasteiger partial charge in [-0.3, -0.25) is 0 Å². The number of carbonyl (C=O) groups is 1. The minimum absolute atomic E-state index is 0. The number of halogens is 1. The van der Waals surface area contributed by atoms with Crippen molar-refractivity contribution in [2.45, 2.75) is 71.5 Å². The van der Waals surface area contributed by atoms with Gasteiger partial charge in [0, 0.05) is 0 Å². The number of hydrogen-bond acceptors (Lipinski definition) is 2. The van der Waals surface area contributed by atoms with E-state index in [1.54, 1.807) is 14.0 Å². The molecule has 1 amide bonds. The Morgan fingerprint density at radius 3 is 2.14 bits per heavy atom. The van der Waals surface area contributed by atoms with E-state index in [0.29, 0.717) is 49.3 Å². The quantitative estimate of drug-likeness (QED) is 0.454. The average Bonchev–Trinajstić information content (AvgIpc) is 2.91. The molecule has 0 saturated heterocycles. The molecule has 2 rings (SSSR count). The molecule has 0 bridgehead atoms. The van der Waals surface area contributed by atoms with Crippen LogP contribution in [0.1, 0.15) is 54.0 Å². The summed E-state index contributed by atoms with van der Waals surface area (Å²) in [6.07, 6.45) is 3.25. The van der Waals surface area contributed by atoms with Crippen molar-refractivity contribution in [2.75, 3.05) is 13.7 Å². The minimum atomic E-state index is -1.85. The van der Waals surface area contributed by atoms with E-state index in [1.165, 1.54) is 19.5 Å². The van der Waals surface area contributed by atoms with Crippen molar-refractivity contribution in [3.8, 4) is 5.75 Å². The zero-order chi connectivity index (χ0) is 21.2. The van der Waals surface area contributed by atoms with Gasteiger partial charge in [-0.2, -0.15) is 0 Å². The summed E-state index contributed by atoms with van der Waals surface area (Å²) < 4.78 is 9.73. The Hall–Kier alpha value is -0.528. The molecule has 1 aromatic carbocycles. The number of rotatable bonds is 8. The summed E-state index contributed by atoms with van der Waals surface area (Å²) in [5.74, 6) is 1.04. The van der Waals surface area contributed by atoms with Crippen LogP contribution in [0.15, 0.2) is 18.3 Å². The van der Waals surface area contributed by atoms with Crippen molar-refractivity contribution < 1.29 is 48.1 Å². The van der Waals surface area contributed by atoms with Crippen LogP contribution in [0.3, 0.4) is 0 Å². The molecule has 0 aliphatic carbocycles. The number of amides is 1. The number of ether oxygens (including phenoxy) is 1. The van der Waals surface area contributed by atoms with Gasteiger partial charge in [0.1, 0.15) is 0 Å². The van der Waals surface area contributed by atoms with Gasteiger partial charge in [0.25, 0.3) is 0 Å². The van der Waals surface area contributed by atoms with E-state index >= 15 is 0 Å². The van der Waals surface area contributed by atoms with Gasteiger partial charge in [0.05, 0.1) is 0 Å². The number of nitrogens with one attached hydrogen (secondary N) is 1. The van der Waals surface area contributed by atoms with Gasteiger partial charge in [-0.05, 0) is 0 Å². The zero-order valence-electron chi connectivity index (χ0n) is 19.2. The maximum atomic E-state index is 11.4. The van der Waals surface area contributed by atoms with Gasteiger partial charge in [-0.15, -0.1) is 0 Å². The fourth-order valence-corrected chi connectivity index (χ4v) is 13.6. The fraction of sp³-hybridized carbons (Fsp3) is 0.591. The van der Waals surface area contributed by atoms with Crippen molar-refractivity contribution >= 4 is 28.1 Å². The van der Waals surface area contributed by atoms with E-state index in [0.717, 1.165) is 12.2 Å². The molecular formula is C22H35ClHgN2O2Si. The number of nitrogens with zero attached hydrogens (tertiary/aromatic N) is 1. The summed E-state index contributed by atoms with van der Waals surface area (Å²) in [6, 6.07) is 4.62. The van der Waals surface area contributed by atoms with E-state index in [1.807, 2.05) is 0 Å². The third kappa shape index (κ3) is 5.04. The number of carbonyl (C=O) groups excluding carboxylic acids is 1. The van der Waals surface area contributed by atoms with E-state index in [2.05, 4.69) is 69.4 Å². The first kappa shape index (κ1) is 26.5. The molecule has 158 valence electrons. The van der Waals surface area contributed by atoms with Crippen LogP contribution in [-0.2, 0) is 37.3 Å². The van der Waals surface area contributed by atoms with Gasteiger partial charge in [-0.1, -0.05) is 0 Å². The van der Waals surface area contributed by atoms with Crippen molar-refractivity contribution in [1.82, 2.24) is 9.55 Å². The predicted molar refractivity (Wildman–Crippen MR) is 117 cm³/mol. The molecule has 0 aliphatic rings. The number of fused-ring (bicyclic) bond motifs is 1. The predicted octanol–water partition coefficient (Wildman–Crippen LogP) is 1.53. The van der Waals surface area contributed by atoms with E-state index in [-0.39, 0.29) is 18.3 Å². The third-order valence-electron chi connectivity index (χ3n) is 6.25. The number of methoxy groups -OCH3 is 1. The van der Waals surface area contributed by atoms with Crippen LogP contribution in [0, 0.1) is 0 Å². The van der Waals surface area contributed by atoms with Crippen molar-refractivity contribution in [3.05, 3.63) is 23.9 Å². The molecule has 1 N–H and O–H groups in total. The molecule has 0 fully saturated rings. The van der Waals surface area contributed by atoms with E-state index in [4.69, 9.17) is 4.74 Å². The summed E-state index contributed by atoms with van der Waals surface area (Å²) in [5, 5.41) is 4.24. The first-order chi connectivity index (χ1) is 13.1. The summed E-state index contributed by atoms with van der Waals surface area (Å²) in [5.41, 5.74) is 4.59. The van der Waals surface area contributed by atoms with Crippen LogP contribution in [0.2, 0.25) is 16.6 Å². The van der Waals surface area contributed by atoms with Gasteiger partial charge < -0.3 is 12.4 Å². The Bertz CT molecular complexity index is 827. The first-order valence-electron chi connectivity index (χ1n) is 10.4. The monoisotopic (exact) mass is 624 g/mol. The molecule has 0 saturated carbocycles. The summed E-state index contributed by atoms with van der Waals surface area (Å²) in [6.45, 7) is 16.7. The second kappa shape index (κ2) is 10.7. The molecule has 1 heterocycles. The second-order valence-electron chi connectivity index (χ2n) is 8.79. The van der Waals surface area contributed by atoms with Crippen molar-refractivity contribution in [3.63, 3.8) is 0 Å². The Labute approximate surface area is 199 Å². The molecule has 1 aromatic heterocycles. The molecule has 29 heavy (non-hydrogen) atoms. The van der Waals surface area contributed by atoms with Gasteiger partial charge in [-0.25, -0.2) is 0 Å². The first-order valence-corrected chi connectivity index (χ1v) is 15.3. The largest absolute Gasteiger partial charge is 1.00 e. The summed E-state index contributed by atoms with van der Waals surface area (Å²) in [4.78, 5) is 11.4. The smallest absolute Gasteiger partial charge is 1.00 e. The Morgan fingerprint density at radius 2 is 1.69 bits per heavy atom. The van der Waals surface area contributed by atoms with Gasteiger partial charge >= 0.3 is 188 Å². The second-order valence-corrected chi connectivity index (χ2v) is 17.5. The average molecular weight is 624 g/mol. The zero-order valence-corrected chi connectivity index (χ0v) is 26.5. The Kier molecular flexibility index (Phi) is 9.75. The maximum Gasteiger partial charge on any atom is -1.00 e. The number of hydrogen-bond donors (Lipinski definition) is 1. The summed E-state index contributed by atoms with van der Waals surface area (Å²) in [7, 11) is -0.0839. The fourth-order valence-electron chi connectivity index (χ4n) is 5.28. The molecular weight excluding hydrogens is 588 g/mol. The maximum absolute atomic E-state index is 11.4. The molecule has 0 unspecified atom stereocenters. The van der Waals surface area contributed by atoms with Crippen LogP contribution >= 0.6 is 0 Å². The van der Waals surface area contributed by atoms with Gasteiger partial charge in [0.15, 0.2) is 0 Å². The molecule has 7 heteroatoms.